The van der Waals surface area contributed by atoms with Gasteiger partial charge in [-0.1, -0.05) is 0 Å². The lowest BCUT2D eigenvalue weighted by atomic mass is 10.8. The molecule has 0 aromatic rings. The summed E-state index contributed by atoms with van der Waals surface area (Å²) in [6.07, 6.45) is 0. The summed E-state index contributed by atoms with van der Waals surface area (Å²) < 4.78 is 25.2. The number of methoxy groups -OCH3 is 1. The highest BCUT2D eigenvalue weighted by atomic mass is 31.2. The molecule has 0 bridgehead atoms. The van der Waals surface area contributed by atoms with Gasteiger partial charge in [0.05, 0.1) is 6.61 Å². The maximum Gasteiger partial charge on any atom is 0.371 e. The van der Waals surface area contributed by atoms with E-state index in [1.54, 1.807) is 0 Å². The molecule has 0 atom stereocenters. The number of rotatable bonds is 4. The molecular weight excluding hydrogens is 226 g/mol. The molecule has 0 aromatic carbocycles. The Morgan fingerprint density at radius 1 is 1.15 bits per heavy atom. The van der Waals surface area contributed by atoms with Gasteiger partial charge in [-0.15, -0.1) is 0 Å². The molecule has 0 rings (SSSR count). The first-order valence-corrected chi connectivity index (χ1v) is 6.11. The van der Waals surface area contributed by atoms with Gasteiger partial charge in [-0.3, -0.25) is 9.13 Å². The summed E-state index contributed by atoms with van der Waals surface area (Å²) in [6.45, 7) is -1.15. The normalized spacial score (nSPS) is 14.6. The maximum absolute atomic E-state index is 10.6. The summed E-state index contributed by atoms with van der Waals surface area (Å²) in [6, 6.07) is 0. The molecule has 0 amide bonds. The van der Waals surface area contributed by atoms with E-state index in [1.807, 2.05) is 0 Å². The fourth-order valence-electron chi connectivity index (χ4n) is 0.532. The van der Waals surface area contributed by atoms with Gasteiger partial charge in [0.15, 0.2) is 0 Å². The lowest BCUT2D eigenvalue weighted by Gasteiger charge is -2.27. The van der Waals surface area contributed by atoms with Crippen LogP contribution in [-0.2, 0) is 13.9 Å². The van der Waals surface area contributed by atoms with E-state index in [4.69, 9.17) is 24.7 Å². The van der Waals surface area contributed by atoms with E-state index < -0.39 is 26.9 Å². The fourth-order valence-corrected chi connectivity index (χ4v) is 2.48. The first kappa shape index (κ1) is 13.2. The Balaban J connectivity index is 5.22. The third-order valence-electron chi connectivity index (χ3n) is 1.27. The van der Waals surface area contributed by atoms with E-state index in [2.05, 4.69) is 4.74 Å². The smallest absolute Gasteiger partial charge is 0.371 e. The van der Waals surface area contributed by atoms with Gasteiger partial charge < -0.3 is 29.4 Å². The van der Waals surface area contributed by atoms with Crippen LogP contribution >= 0.6 is 15.2 Å². The van der Waals surface area contributed by atoms with Gasteiger partial charge in [0, 0.05) is 7.11 Å². The Bertz CT molecular complexity index is 239. The molecule has 0 unspecified atom stereocenters. The molecule has 0 saturated heterocycles. The van der Waals surface area contributed by atoms with E-state index >= 15 is 0 Å². The largest absolute Gasteiger partial charge is 0.380 e. The molecule has 13 heavy (non-hydrogen) atoms. The number of hydrogen-bond acceptors (Lipinski definition) is 4. The van der Waals surface area contributed by atoms with E-state index in [0.717, 1.165) is 7.11 Å². The Morgan fingerprint density at radius 3 is 1.54 bits per heavy atom. The SMILES string of the molecule is COCC(O)(P(=O)(O)O)P(=O)(O)O. The molecule has 8 nitrogen and oxygen atoms in total. The zero-order valence-electron chi connectivity index (χ0n) is 6.56. The van der Waals surface area contributed by atoms with Gasteiger partial charge >= 0.3 is 15.2 Å². The number of ether oxygens (including phenoxy) is 1. The van der Waals surface area contributed by atoms with Crippen LogP contribution in [0.5, 0.6) is 0 Å². The predicted molar refractivity (Wildman–Crippen MR) is 40.9 cm³/mol. The third-order valence-corrected chi connectivity index (χ3v) is 4.96. The summed E-state index contributed by atoms with van der Waals surface area (Å²) in [7, 11) is -9.78. The highest BCUT2D eigenvalue weighted by Gasteiger charge is 2.59. The third kappa shape index (κ3) is 2.59. The van der Waals surface area contributed by atoms with Crippen molar-refractivity contribution in [2.75, 3.05) is 13.7 Å². The molecule has 0 saturated carbocycles. The summed E-state index contributed by atoms with van der Waals surface area (Å²) in [5.41, 5.74) is 0. The van der Waals surface area contributed by atoms with Gasteiger partial charge in [0.25, 0.3) is 5.08 Å². The summed E-state index contributed by atoms with van der Waals surface area (Å²) in [4.78, 5) is 34.0. The van der Waals surface area contributed by atoms with Crippen molar-refractivity contribution < 1.29 is 38.5 Å². The molecule has 0 radical (unpaired) electrons. The molecule has 0 aliphatic carbocycles. The van der Waals surface area contributed by atoms with E-state index in [1.165, 1.54) is 0 Å². The predicted octanol–water partition coefficient (Wildman–Crippen LogP) is -1.37. The topological polar surface area (TPSA) is 145 Å². The van der Waals surface area contributed by atoms with Crippen molar-refractivity contribution in [3.8, 4) is 0 Å². The van der Waals surface area contributed by atoms with Crippen LogP contribution in [0, 0.1) is 0 Å². The van der Waals surface area contributed by atoms with Crippen molar-refractivity contribution in [2.45, 2.75) is 5.08 Å². The van der Waals surface area contributed by atoms with E-state index in [-0.39, 0.29) is 0 Å². The fraction of sp³-hybridized carbons (Fsp3) is 1.00. The molecule has 10 heteroatoms. The minimum absolute atomic E-state index is 0.941. The zero-order valence-corrected chi connectivity index (χ0v) is 8.35. The van der Waals surface area contributed by atoms with Gasteiger partial charge in [-0.25, -0.2) is 0 Å². The second kappa shape index (κ2) is 3.76. The summed E-state index contributed by atoms with van der Waals surface area (Å²) in [5, 5.41) is 5.57. The molecule has 80 valence electrons. The number of hydrogen-bond donors (Lipinski definition) is 5. The average molecular weight is 236 g/mol. The van der Waals surface area contributed by atoms with Crippen LogP contribution in [0.4, 0.5) is 0 Å². The van der Waals surface area contributed by atoms with Crippen LogP contribution in [0.25, 0.3) is 0 Å². The average Bonchev–Trinajstić information content (AvgIpc) is 1.82. The van der Waals surface area contributed by atoms with Crippen LogP contribution in [0.15, 0.2) is 0 Å². The van der Waals surface area contributed by atoms with Crippen molar-refractivity contribution in [3.05, 3.63) is 0 Å². The van der Waals surface area contributed by atoms with Crippen LogP contribution in [0.1, 0.15) is 0 Å². The first-order valence-electron chi connectivity index (χ1n) is 2.89. The Hall–Kier alpha value is 0.220. The Morgan fingerprint density at radius 2 is 1.46 bits per heavy atom. The Labute approximate surface area is 73.5 Å². The molecule has 0 heterocycles. The van der Waals surface area contributed by atoms with Crippen molar-refractivity contribution in [1.29, 1.82) is 0 Å². The molecule has 0 spiro atoms. The second-order valence-corrected chi connectivity index (χ2v) is 6.30. The molecule has 0 aromatic heterocycles. The van der Waals surface area contributed by atoms with Crippen molar-refractivity contribution in [2.24, 2.45) is 0 Å². The standard InChI is InChI=1S/C3H10O8P2/c1-11-2-3(4,12(5,6)7)13(8,9)10/h4H,2H2,1H3,(H2,5,6,7)(H2,8,9,10). The second-order valence-electron chi connectivity index (χ2n) is 2.30. The monoisotopic (exact) mass is 236 g/mol. The van der Waals surface area contributed by atoms with Crippen LogP contribution in [-0.4, -0.2) is 43.5 Å². The maximum atomic E-state index is 10.6. The van der Waals surface area contributed by atoms with Crippen molar-refractivity contribution in [3.63, 3.8) is 0 Å². The molecule has 0 aliphatic heterocycles. The van der Waals surface area contributed by atoms with Crippen LogP contribution in [0.2, 0.25) is 0 Å². The first-order chi connectivity index (χ1) is 5.56. The van der Waals surface area contributed by atoms with Gasteiger partial charge in [0.1, 0.15) is 0 Å². The van der Waals surface area contributed by atoms with Crippen LogP contribution in [0.3, 0.4) is 0 Å². The minimum Gasteiger partial charge on any atom is -0.380 e. The van der Waals surface area contributed by atoms with Crippen LogP contribution < -0.4 is 0 Å². The summed E-state index contributed by atoms with van der Waals surface area (Å²) in [5.74, 6) is 0. The quantitative estimate of drug-likeness (QED) is 0.376. The minimum atomic E-state index is -5.36. The lowest BCUT2D eigenvalue weighted by molar-refractivity contribution is 0.0481. The van der Waals surface area contributed by atoms with E-state index in [0.29, 0.717) is 0 Å². The lowest BCUT2D eigenvalue weighted by Crippen LogP contribution is -2.33. The molecule has 0 fully saturated rings. The zero-order chi connectivity index (χ0) is 10.9. The van der Waals surface area contributed by atoms with Crippen molar-refractivity contribution >= 4 is 15.2 Å². The van der Waals surface area contributed by atoms with Gasteiger partial charge in [-0.05, 0) is 0 Å². The molecule has 5 N–H and O–H groups in total. The highest BCUT2D eigenvalue weighted by Crippen LogP contribution is 2.67. The van der Waals surface area contributed by atoms with Gasteiger partial charge in [-0.2, -0.15) is 0 Å². The highest BCUT2D eigenvalue weighted by molar-refractivity contribution is 7.72. The number of aliphatic hydroxyl groups is 1. The van der Waals surface area contributed by atoms with E-state index in [9.17, 15) is 9.13 Å². The van der Waals surface area contributed by atoms with Gasteiger partial charge in [0.2, 0.25) is 0 Å². The summed E-state index contributed by atoms with van der Waals surface area (Å²) >= 11 is 0. The molecular formula is C3H10O8P2. The van der Waals surface area contributed by atoms with Crippen molar-refractivity contribution in [1.82, 2.24) is 0 Å². The molecule has 0 aliphatic rings. The Kier molecular flexibility index (Phi) is 3.83.